The molecule has 0 unspecified atom stereocenters. The van der Waals surface area contributed by atoms with Crippen LogP contribution >= 0.6 is 0 Å². The average Bonchev–Trinajstić information content (AvgIpc) is 3.33. The van der Waals surface area contributed by atoms with Gasteiger partial charge in [0.2, 0.25) is 0 Å². The Balaban J connectivity index is 0.00000120. The van der Waals surface area contributed by atoms with Crippen LogP contribution in [0.15, 0.2) is 97.1 Å². The van der Waals surface area contributed by atoms with Crippen LogP contribution in [-0.2, 0) is 32.6 Å². The predicted octanol–water partition coefficient (Wildman–Crippen LogP) is 1.59. The molecule has 4 heteroatoms. The molecule has 0 fully saturated rings. The van der Waals surface area contributed by atoms with Crippen molar-refractivity contribution >= 4 is 24.8 Å². The van der Waals surface area contributed by atoms with Gasteiger partial charge >= 0.3 is 26.2 Å². The van der Waals surface area contributed by atoms with E-state index < -0.39 is 8.80 Å². The van der Waals surface area contributed by atoms with Crippen LogP contribution in [0.2, 0.25) is 13.1 Å². The van der Waals surface area contributed by atoms with Gasteiger partial charge in [-0.3, -0.25) is 0 Å². The number of hydrogen-bond donors (Lipinski definition) is 0. The van der Waals surface area contributed by atoms with Gasteiger partial charge in [-0.2, -0.15) is 0 Å². The molecule has 0 atom stereocenters. The Kier molecular flexibility index (Phi) is 9.34. The molecule has 36 heavy (non-hydrogen) atoms. The smallest absolute Gasteiger partial charge is 1.00 e. The van der Waals surface area contributed by atoms with Crippen molar-refractivity contribution in [3.05, 3.63) is 130 Å². The fourth-order valence-electron chi connectivity index (χ4n) is 5.90. The molecule has 0 amide bonds. The molecule has 178 valence electrons. The molecule has 5 aromatic carbocycles. The second kappa shape index (κ2) is 11.7. The summed E-state index contributed by atoms with van der Waals surface area (Å²) < 4.78 is 0. The Labute approximate surface area is 248 Å². The van der Waals surface area contributed by atoms with Crippen molar-refractivity contribution in [2.75, 3.05) is 0 Å². The maximum Gasteiger partial charge on any atom is 3.00 e. The standard InChI is InChI=1S/C32H28Si.2ClH.Zr/c1-21-19-23-17-18-28(31-26-15-9-7-13-24(26)25-14-8-10-16-27(25)31)32(33(2)3)30(23)29(21)20-22-11-5-4-6-12-22;;;/h4-19,31H,20H2,1-3H3;2*1H;/q-1;;;+3/p-2. The Bertz CT molecular complexity index is 1440. The van der Waals surface area contributed by atoms with Crippen molar-refractivity contribution in [2.24, 2.45) is 0 Å². The van der Waals surface area contributed by atoms with Crippen LogP contribution in [0.3, 0.4) is 0 Å². The first-order chi connectivity index (χ1) is 16.1. The molecular formula is C32H28Cl2SiZr. The first kappa shape index (κ1) is 28.7. The summed E-state index contributed by atoms with van der Waals surface area (Å²) in [5, 5.41) is 4.55. The van der Waals surface area contributed by atoms with Crippen LogP contribution in [0.4, 0.5) is 0 Å². The van der Waals surface area contributed by atoms with Crippen LogP contribution < -0.4 is 30.0 Å². The molecule has 0 saturated carbocycles. The molecule has 0 N–H and O–H groups in total. The van der Waals surface area contributed by atoms with E-state index in [0.717, 1.165) is 6.42 Å². The van der Waals surface area contributed by atoms with Gasteiger partial charge in [0.1, 0.15) is 0 Å². The first-order valence-corrected chi connectivity index (χ1v) is 14.4. The third kappa shape index (κ3) is 4.74. The fourth-order valence-corrected chi connectivity index (χ4v) is 7.50. The molecule has 0 aromatic heterocycles. The molecule has 0 spiro atoms. The van der Waals surface area contributed by atoms with E-state index in [4.69, 9.17) is 0 Å². The quantitative estimate of drug-likeness (QED) is 0.213. The van der Waals surface area contributed by atoms with Crippen molar-refractivity contribution in [1.29, 1.82) is 0 Å². The van der Waals surface area contributed by atoms with Gasteiger partial charge in [0.05, 0.1) is 8.80 Å². The van der Waals surface area contributed by atoms with E-state index in [-0.39, 0.29) is 51.0 Å². The molecule has 6 rings (SSSR count). The summed E-state index contributed by atoms with van der Waals surface area (Å²) in [5.74, 6) is 0.316. The Morgan fingerprint density at radius 1 is 0.694 bits per heavy atom. The zero-order valence-electron chi connectivity index (χ0n) is 20.8. The van der Waals surface area contributed by atoms with Crippen LogP contribution in [-0.4, -0.2) is 8.80 Å². The zero-order chi connectivity index (χ0) is 22.5. The minimum absolute atomic E-state index is 0. The summed E-state index contributed by atoms with van der Waals surface area (Å²) in [6.45, 7) is 7.22. The summed E-state index contributed by atoms with van der Waals surface area (Å²) in [4.78, 5) is 0. The van der Waals surface area contributed by atoms with E-state index in [1.807, 2.05) is 0 Å². The normalized spacial score (nSPS) is 11.9. The predicted molar refractivity (Wildman–Crippen MR) is 143 cm³/mol. The molecule has 1 aliphatic rings. The van der Waals surface area contributed by atoms with Gasteiger partial charge in [-0.25, -0.2) is 0 Å². The van der Waals surface area contributed by atoms with E-state index in [1.165, 1.54) is 55.3 Å². The molecule has 0 aliphatic heterocycles. The number of rotatable bonds is 4. The first-order valence-electron chi connectivity index (χ1n) is 11.9. The third-order valence-corrected chi connectivity index (χ3v) is 8.83. The third-order valence-electron chi connectivity index (χ3n) is 7.29. The van der Waals surface area contributed by atoms with Crippen LogP contribution in [0.5, 0.6) is 0 Å². The number of hydrogen-bond acceptors (Lipinski definition) is 0. The Hall–Kier alpha value is -1.83. The van der Waals surface area contributed by atoms with E-state index in [0.29, 0.717) is 5.92 Å². The van der Waals surface area contributed by atoms with Crippen molar-refractivity contribution in [1.82, 2.24) is 0 Å². The number of halogens is 2. The monoisotopic (exact) mass is 600 g/mol. The Morgan fingerprint density at radius 2 is 1.25 bits per heavy atom. The summed E-state index contributed by atoms with van der Waals surface area (Å²) >= 11 is 0. The fraction of sp³-hybridized carbons (Fsp3) is 0.156. The van der Waals surface area contributed by atoms with E-state index in [1.54, 1.807) is 5.19 Å². The molecule has 0 nitrogen and oxygen atoms in total. The summed E-state index contributed by atoms with van der Waals surface area (Å²) in [6.07, 6.45) is 1.000. The van der Waals surface area contributed by atoms with E-state index in [9.17, 15) is 0 Å². The minimum Gasteiger partial charge on any atom is -1.00 e. The maximum absolute atomic E-state index is 2.46. The van der Waals surface area contributed by atoms with Crippen molar-refractivity contribution in [3.63, 3.8) is 0 Å². The van der Waals surface area contributed by atoms with Gasteiger partial charge in [0.25, 0.3) is 0 Å². The molecule has 2 radical (unpaired) electrons. The SMILES string of the molecule is Cc1[cH-]c2ccc(C3c4ccccc4-c4ccccc43)c([Si](C)C)c2c1Cc1ccccc1.[Cl-].[Cl-].[Zr+3]. The second-order valence-electron chi connectivity index (χ2n) is 9.57. The van der Waals surface area contributed by atoms with Gasteiger partial charge in [0.15, 0.2) is 0 Å². The second-order valence-corrected chi connectivity index (χ2v) is 12.1. The number of benzene rings is 4. The van der Waals surface area contributed by atoms with E-state index >= 15 is 0 Å². The largest absolute Gasteiger partial charge is 3.00 e. The number of aryl methyl sites for hydroxylation is 1. The maximum atomic E-state index is 2.46. The van der Waals surface area contributed by atoms with Gasteiger partial charge in [0, 0.05) is 5.92 Å². The van der Waals surface area contributed by atoms with Gasteiger partial charge in [-0.05, 0) is 28.7 Å². The van der Waals surface area contributed by atoms with Gasteiger partial charge in [-0.1, -0.05) is 115 Å². The average molecular weight is 603 g/mol. The van der Waals surface area contributed by atoms with Gasteiger partial charge < -0.3 is 24.8 Å². The number of fused-ring (bicyclic) bond motifs is 4. The summed E-state index contributed by atoms with van der Waals surface area (Å²) in [5.41, 5.74) is 11.5. The van der Waals surface area contributed by atoms with Crippen molar-refractivity contribution in [3.8, 4) is 11.1 Å². The molecule has 1 aliphatic carbocycles. The topological polar surface area (TPSA) is 0 Å². The van der Waals surface area contributed by atoms with Crippen LogP contribution in [0.25, 0.3) is 21.9 Å². The summed E-state index contributed by atoms with van der Waals surface area (Å²) in [7, 11) is -0.707. The minimum atomic E-state index is -0.707. The van der Waals surface area contributed by atoms with Crippen LogP contribution in [0, 0.1) is 6.92 Å². The van der Waals surface area contributed by atoms with Crippen molar-refractivity contribution in [2.45, 2.75) is 32.4 Å². The van der Waals surface area contributed by atoms with Gasteiger partial charge in [-0.15, -0.1) is 40.1 Å². The zero-order valence-corrected chi connectivity index (χ0v) is 25.7. The Morgan fingerprint density at radius 3 is 1.83 bits per heavy atom. The molecule has 5 aromatic rings. The molecular weight excluding hydrogens is 575 g/mol. The van der Waals surface area contributed by atoms with Crippen molar-refractivity contribution < 1.29 is 51.0 Å². The summed E-state index contributed by atoms with van der Waals surface area (Å²) in [6, 6.07) is 36.2. The van der Waals surface area contributed by atoms with Crippen LogP contribution in [0.1, 0.15) is 39.3 Å². The molecule has 0 saturated heterocycles. The molecule has 0 heterocycles. The van der Waals surface area contributed by atoms with E-state index in [2.05, 4.69) is 117 Å². The molecule has 0 bridgehead atoms.